The summed E-state index contributed by atoms with van der Waals surface area (Å²) < 4.78 is 0. The van der Waals surface area contributed by atoms with Crippen molar-refractivity contribution in [3.63, 3.8) is 0 Å². The highest BCUT2D eigenvalue weighted by Crippen LogP contribution is 2.28. The Bertz CT molecular complexity index is 375. The summed E-state index contributed by atoms with van der Waals surface area (Å²) in [5.41, 5.74) is 1.73. The average Bonchev–Trinajstić information content (AvgIpc) is 2.21. The lowest BCUT2D eigenvalue weighted by Gasteiger charge is -2.22. The molecule has 1 aromatic carbocycles. The SMILES string of the molecule is CCN(CC)c1ccc(NC(C)=O)cc1Cl. The number of amides is 1. The van der Waals surface area contributed by atoms with Gasteiger partial charge in [-0.25, -0.2) is 0 Å². The van der Waals surface area contributed by atoms with Crippen LogP contribution in [0.1, 0.15) is 20.8 Å². The smallest absolute Gasteiger partial charge is 0.221 e. The molecule has 0 bridgehead atoms. The van der Waals surface area contributed by atoms with Gasteiger partial charge in [0.25, 0.3) is 0 Å². The van der Waals surface area contributed by atoms with Crippen molar-refractivity contribution >= 4 is 28.9 Å². The second kappa shape index (κ2) is 5.75. The minimum atomic E-state index is -0.0911. The fraction of sp³-hybridized carbons (Fsp3) is 0.417. The molecule has 1 N–H and O–H groups in total. The number of anilines is 2. The van der Waals surface area contributed by atoms with Crippen LogP contribution in [0.3, 0.4) is 0 Å². The second-order valence-corrected chi connectivity index (χ2v) is 3.93. The van der Waals surface area contributed by atoms with Crippen LogP contribution in [0.15, 0.2) is 18.2 Å². The van der Waals surface area contributed by atoms with Crippen molar-refractivity contribution in [1.82, 2.24) is 0 Å². The highest BCUT2D eigenvalue weighted by Gasteiger charge is 2.07. The van der Waals surface area contributed by atoms with Crippen LogP contribution >= 0.6 is 11.6 Å². The number of hydrogen-bond donors (Lipinski definition) is 1. The van der Waals surface area contributed by atoms with Gasteiger partial charge in [-0.2, -0.15) is 0 Å². The molecule has 0 aliphatic carbocycles. The van der Waals surface area contributed by atoms with Gasteiger partial charge in [0.05, 0.1) is 10.7 Å². The van der Waals surface area contributed by atoms with Gasteiger partial charge in [0.1, 0.15) is 0 Å². The molecule has 0 atom stereocenters. The van der Waals surface area contributed by atoms with Crippen molar-refractivity contribution in [3.8, 4) is 0 Å². The largest absolute Gasteiger partial charge is 0.371 e. The summed E-state index contributed by atoms with van der Waals surface area (Å²) in [6.07, 6.45) is 0. The Hall–Kier alpha value is -1.22. The van der Waals surface area contributed by atoms with E-state index in [4.69, 9.17) is 11.6 Å². The van der Waals surface area contributed by atoms with Crippen molar-refractivity contribution in [2.75, 3.05) is 23.3 Å². The van der Waals surface area contributed by atoms with Crippen molar-refractivity contribution in [2.45, 2.75) is 20.8 Å². The monoisotopic (exact) mass is 240 g/mol. The number of carbonyl (C=O) groups is 1. The van der Waals surface area contributed by atoms with Crippen molar-refractivity contribution in [1.29, 1.82) is 0 Å². The molecule has 0 saturated carbocycles. The molecule has 0 fully saturated rings. The summed E-state index contributed by atoms with van der Waals surface area (Å²) in [7, 11) is 0. The summed E-state index contributed by atoms with van der Waals surface area (Å²) in [4.78, 5) is 13.1. The summed E-state index contributed by atoms with van der Waals surface area (Å²) in [5.74, 6) is -0.0911. The standard InChI is InChI=1S/C12H17ClN2O/c1-4-15(5-2)12-7-6-10(8-11(12)13)14-9(3)16/h6-8H,4-5H2,1-3H3,(H,14,16). The topological polar surface area (TPSA) is 32.3 Å². The number of nitrogens with zero attached hydrogens (tertiary/aromatic N) is 1. The minimum absolute atomic E-state index is 0.0911. The van der Waals surface area contributed by atoms with Gasteiger partial charge in [-0.05, 0) is 32.0 Å². The molecule has 1 amide bonds. The molecule has 4 heteroatoms. The first-order valence-electron chi connectivity index (χ1n) is 5.40. The first kappa shape index (κ1) is 12.8. The normalized spacial score (nSPS) is 10.0. The van der Waals surface area contributed by atoms with Gasteiger partial charge >= 0.3 is 0 Å². The molecular formula is C12H17ClN2O. The molecule has 0 unspecified atom stereocenters. The van der Waals surface area contributed by atoms with E-state index in [1.54, 1.807) is 6.07 Å². The highest BCUT2D eigenvalue weighted by molar-refractivity contribution is 6.33. The van der Waals surface area contributed by atoms with E-state index >= 15 is 0 Å². The second-order valence-electron chi connectivity index (χ2n) is 3.52. The molecule has 0 spiro atoms. The van der Waals surface area contributed by atoms with E-state index < -0.39 is 0 Å². The third-order valence-corrected chi connectivity index (χ3v) is 2.67. The van der Waals surface area contributed by atoms with E-state index in [0.29, 0.717) is 5.02 Å². The summed E-state index contributed by atoms with van der Waals surface area (Å²) in [6, 6.07) is 5.57. The van der Waals surface area contributed by atoms with Crippen molar-refractivity contribution in [2.24, 2.45) is 0 Å². The van der Waals surface area contributed by atoms with Gasteiger partial charge in [0.15, 0.2) is 0 Å². The molecule has 0 heterocycles. The Balaban J connectivity index is 2.94. The van der Waals surface area contributed by atoms with E-state index in [0.717, 1.165) is 24.5 Å². The number of halogens is 1. The van der Waals surface area contributed by atoms with Crippen LogP contribution < -0.4 is 10.2 Å². The quantitative estimate of drug-likeness (QED) is 0.877. The molecule has 0 radical (unpaired) electrons. The summed E-state index contributed by atoms with van der Waals surface area (Å²) in [6.45, 7) is 7.47. The molecule has 1 aromatic rings. The first-order valence-corrected chi connectivity index (χ1v) is 5.78. The Kier molecular flexibility index (Phi) is 4.62. The van der Waals surface area contributed by atoms with E-state index in [9.17, 15) is 4.79 Å². The van der Waals surface area contributed by atoms with Crippen LogP contribution in [0.2, 0.25) is 5.02 Å². The molecule has 88 valence electrons. The number of nitrogens with one attached hydrogen (secondary N) is 1. The summed E-state index contributed by atoms with van der Waals surface area (Å²) >= 11 is 6.17. The van der Waals surface area contributed by atoms with Crippen LogP contribution in [0, 0.1) is 0 Å². The van der Waals surface area contributed by atoms with Crippen LogP contribution in [0.5, 0.6) is 0 Å². The predicted octanol–water partition coefficient (Wildman–Crippen LogP) is 3.14. The number of hydrogen-bond acceptors (Lipinski definition) is 2. The molecular weight excluding hydrogens is 224 g/mol. The maximum absolute atomic E-state index is 10.9. The molecule has 0 aromatic heterocycles. The highest BCUT2D eigenvalue weighted by atomic mass is 35.5. The van der Waals surface area contributed by atoms with Gasteiger partial charge in [0.2, 0.25) is 5.91 Å². The van der Waals surface area contributed by atoms with Gasteiger partial charge < -0.3 is 10.2 Å². The Labute approximate surface area is 101 Å². The zero-order chi connectivity index (χ0) is 12.1. The van der Waals surface area contributed by atoms with E-state index in [-0.39, 0.29) is 5.91 Å². The third kappa shape index (κ3) is 3.14. The van der Waals surface area contributed by atoms with Gasteiger partial charge in [-0.1, -0.05) is 11.6 Å². The molecule has 1 rings (SSSR count). The van der Waals surface area contributed by atoms with Crippen LogP contribution in [0.4, 0.5) is 11.4 Å². The van der Waals surface area contributed by atoms with Crippen molar-refractivity contribution in [3.05, 3.63) is 23.2 Å². The van der Waals surface area contributed by atoms with Crippen LogP contribution in [-0.2, 0) is 4.79 Å². The summed E-state index contributed by atoms with van der Waals surface area (Å²) in [5, 5.41) is 3.37. The maximum atomic E-state index is 10.9. The minimum Gasteiger partial charge on any atom is -0.371 e. The zero-order valence-electron chi connectivity index (χ0n) is 9.88. The fourth-order valence-electron chi connectivity index (χ4n) is 1.61. The maximum Gasteiger partial charge on any atom is 0.221 e. The molecule has 3 nitrogen and oxygen atoms in total. The fourth-order valence-corrected chi connectivity index (χ4v) is 1.91. The van der Waals surface area contributed by atoms with E-state index in [1.807, 2.05) is 12.1 Å². The van der Waals surface area contributed by atoms with Gasteiger partial charge in [-0.3, -0.25) is 4.79 Å². The lowest BCUT2D eigenvalue weighted by atomic mass is 10.2. The van der Waals surface area contributed by atoms with Crippen LogP contribution in [-0.4, -0.2) is 19.0 Å². The molecule has 16 heavy (non-hydrogen) atoms. The predicted molar refractivity (Wildman–Crippen MR) is 69.3 cm³/mol. The lowest BCUT2D eigenvalue weighted by molar-refractivity contribution is -0.114. The Morgan fingerprint density at radius 3 is 2.44 bits per heavy atom. The average molecular weight is 241 g/mol. The number of rotatable bonds is 4. The molecule has 0 aliphatic rings. The third-order valence-electron chi connectivity index (χ3n) is 2.37. The number of benzene rings is 1. The number of carbonyl (C=O) groups excluding carboxylic acids is 1. The van der Waals surface area contributed by atoms with E-state index in [1.165, 1.54) is 6.92 Å². The van der Waals surface area contributed by atoms with E-state index in [2.05, 4.69) is 24.1 Å². The van der Waals surface area contributed by atoms with Crippen LogP contribution in [0.25, 0.3) is 0 Å². The van der Waals surface area contributed by atoms with Gasteiger partial charge in [-0.15, -0.1) is 0 Å². The molecule has 0 saturated heterocycles. The Morgan fingerprint density at radius 1 is 1.38 bits per heavy atom. The lowest BCUT2D eigenvalue weighted by Crippen LogP contribution is -2.22. The van der Waals surface area contributed by atoms with Gasteiger partial charge in [0, 0.05) is 25.7 Å². The first-order chi connectivity index (χ1) is 7.58. The Morgan fingerprint density at radius 2 is 2.00 bits per heavy atom. The zero-order valence-corrected chi connectivity index (χ0v) is 10.6. The molecule has 0 aliphatic heterocycles. The van der Waals surface area contributed by atoms with Crippen molar-refractivity contribution < 1.29 is 4.79 Å².